The monoisotopic (exact) mass is 291 g/mol. The third-order valence-corrected chi connectivity index (χ3v) is 3.40. The zero-order valence-corrected chi connectivity index (χ0v) is 11.8. The van der Waals surface area contributed by atoms with Gasteiger partial charge in [-0.15, -0.1) is 0 Å². The van der Waals surface area contributed by atoms with Gasteiger partial charge >= 0.3 is 0 Å². The van der Waals surface area contributed by atoms with Crippen LogP contribution >= 0.6 is 0 Å². The zero-order chi connectivity index (χ0) is 14.8. The van der Waals surface area contributed by atoms with E-state index in [2.05, 4.69) is 20.1 Å². The number of pyridine rings is 2. The maximum atomic E-state index is 5.29. The van der Waals surface area contributed by atoms with Gasteiger partial charge in [0.1, 0.15) is 5.65 Å². The Hall–Kier alpha value is -3.02. The lowest BCUT2D eigenvalue weighted by Crippen LogP contribution is -1.92. The van der Waals surface area contributed by atoms with Crippen molar-refractivity contribution in [1.29, 1.82) is 0 Å². The minimum absolute atomic E-state index is 0.568. The van der Waals surface area contributed by atoms with E-state index in [1.54, 1.807) is 12.4 Å². The van der Waals surface area contributed by atoms with Gasteiger partial charge in [-0.1, -0.05) is 11.2 Å². The summed E-state index contributed by atoms with van der Waals surface area (Å²) in [6.45, 7) is 0. The molecule has 0 spiro atoms. The summed E-state index contributed by atoms with van der Waals surface area (Å²) in [5.74, 6) is 1.18. The highest BCUT2D eigenvalue weighted by Gasteiger charge is 2.09. The molecule has 0 saturated carbocycles. The molecule has 6 heteroatoms. The van der Waals surface area contributed by atoms with Crippen molar-refractivity contribution in [3.8, 4) is 11.4 Å². The summed E-state index contributed by atoms with van der Waals surface area (Å²) >= 11 is 0. The zero-order valence-electron chi connectivity index (χ0n) is 11.8. The average molecular weight is 291 g/mol. The Morgan fingerprint density at radius 2 is 2.05 bits per heavy atom. The molecular formula is C16H13N5O. The molecule has 0 radical (unpaired) electrons. The van der Waals surface area contributed by atoms with Crippen LogP contribution in [0.5, 0.6) is 0 Å². The lowest BCUT2D eigenvalue weighted by Gasteiger charge is -1.91. The SMILES string of the molecule is c1cncc(-c2noc(CCc3cn4ccccc4n3)n2)c1. The average Bonchev–Trinajstić information content (AvgIpc) is 3.20. The molecule has 4 aromatic heterocycles. The van der Waals surface area contributed by atoms with Crippen molar-refractivity contribution in [2.24, 2.45) is 0 Å². The number of nitrogens with zero attached hydrogens (tertiary/aromatic N) is 5. The first-order chi connectivity index (χ1) is 10.9. The molecule has 4 rings (SSSR count). The van der Waals surface area contributed by atoms with E-state index in [1.165, 1.54) is 0 Å². The predicted octanol–water partition coefficient (Wildman–Crippen LogP) is 2.56. The van der Waals surface area contributed by atoms with Crippen LogP contribution in [0.3, 0.4) is 0 Å². The molecule has 108 valence electrons. The van der Waals surface area contributed by atoms with Gasteiger partial charge in [0.25, 0.3) is 0 Å². The molecule has 0 aliphatic heterocycles. The normalized spacial score (nSPS) is 11.1. The Morgan fingerprint density at radius 1 is 1.05 bits per heavy atom. The summed E-state index contributed by atoms with van der Waals surface area (Å²) in [6.07, 6.45) is 8.87. The second-order valence-corrected chi connectivity index (χ2v) is 4.95. The number of fused-ring (bicyclic) bond motifs is 1. The fraction of sp³-hybridized carbons (Fsp3) is 0.125. The molecule has 22 heavy (non-hydrogen) atoms. The number of aromatic nitrogens is 5. The van der Waals surface area contributed by atoms with E-state index in [0.717, 1.165) is 23.3 Å². The van der Waals surface area contributed by atoms with Crippen LogP contribution in [0.1, 0.15) is 11.6 Å². The highest BCUT2D eigenvalue weighted by Crippen LogP contribution is 2.15. The first-order valence-corrected chi connectivity index (χ1v) is 7.04. The van der Waals surface area contributed by atoms with Crippen LogP contribution in [0, 0.1) is 0 Å². The van der Waals surface area contributed by atoms with Crippen LogP contribution < -0.4 is 0 Å². The standard InChI is InChI=1S/C16H13N5O/c1-2-9-21-11-13(18-14(21)5-1)6-7-15-19-16(20-22-15)12-4-3-8-17-10-12/h1-5,8-11H,6-7H2. The van der Waals surface area contributed by atoms with Crippen LogP contribution in [0.4, 0.5) is 0 Å². The van der Waals surface area contributed by atoms with E-state index >= 15 is 0 Å². The fourth-order valence-corrected chi connectivity index (χ4v) is 2.31. The molecule has 0 fully saturated rings. The van der Waals surface area contributed by atoms with Crippen molar-refractivity contribution < 1.29 is 4.52 Å². The highest BCUT2D eigenvalue weighted by atomic mass is 16.5. The van der Waals surface area contributed by atoms with Crippen molar-refractivity contribution in [2.45, 2.75) is 12.8 Å². The number of rotatable bonds is 4. The molecule has 0 amide bonds. The van der Waals surface area contributed by atoms with Gasteiger partial charge in [-0.2, -0.15) is 4.98 Å². The van der Waals surface area contributed by atoms with E-state index in [9.17, 15) is 0 Å². The second-order valence-electron chi connectivity index (χ2n) is 4.95. The van der Waals surface area contributed by atoms with Crippen molar-refractivity contribution in [1.82, 2.24) is 24.5 Å². The van der Waals surface area contributed by atoms with Gasteiger partial charge in [-0.3, -0.25) is 4.98 Å². The van der Waals surface area contributed by atoms with E-state index in [4.69, 9.17) is 4.52 Å². The molecule has 0 N–H and O–H groups in total. The number of imidazole rings is 1. The van der Waals surface area contributed by atoms with Gasteiger partial charge in [0.15, 0.2) is 0 Å². The molecular weight excluding hydrogens is 278 g/mol. The number of hydrogen-bond donors (Lipinski definition) is 0. The molecule has 0 unspecified atom stereocenters. The van der Waals surface area contributed by atoms with Crippen molar-refractivity contribution in [3.63, 3.8) is 0 Å². The molecule has 4 heterocycles. The predicted molar refractivity (Wildman–Crippen MR) is 80.1 cm³/mol. The third-order valence-electron chi connectivity index (χ3n) is 3.40. The van der Waals surface area contributed by atoms with E-state index in [0.29, 0.717) is 18.1 Å². The largest absolute Gasteiger partial charge is 0.339 e. The summed E-state index contributed by atoms with van der Waals surface area (Å²) in [7, 11) is 0. The van der Waals surface area contributed by atoms with E-state index in [1.807, 2.05) is 47.1 Å². The lowest BCUT2D eigenvalue weighted by molar-refractivity contribution is 0.378. The summed E-state index contributed by atoms with van der Waals surface area (Å²) in [4.78, 5) is 13.0. The van der Waals surface area contributed by atoms with Gasteiger partial charge in [0.05, 0.1) is 5.69 Å². The fourth-order valence-electron chi connectivity index (χ4n) is 2.31. The molecule has 0 bridgehead atoms. The smallest absolute Gasteiger partial charge is 0.227 e. The van der Waals surface area contributed by atoms with E-state index in [-0.39, 0.29) is 0 Å². The number of hydrogen-bond acceptors (Lipinski definition) is 5. The third kappa shape index (κ3) is 2.46. The van der Waals surface area contributed by atoms with Crippen LogP contribution in [-0.4, -0.2) is 24.5 Å². The summed E-state index contributed by atoms with van der Waals surface area (Å²) in [6, 6.07) is 9.70. The van der Waals surface area contributed by atoms with Crippen LogP contribution in [0.15, 0.2) is 59.6 Å². The van der Waals surface area contributed by atoms with Gasteiger partial charge < -0.3 is 8.92 Å². The molecule has 0 saturated heterocycles. The Kier molecular flexibility index (Phi) is 3.12. The van der Waals surface area contributed by atoms with Crippen molar-refractivity contribution >= 4 is 5.65 Å². The van der Waals surface area contributed by atoms with Crippen LogP contribution in [0.25, 0.3) is 17.0 Å². The lowest BCUT2D eigenvalue weighted by atomic mass is 10.2. The highest BCUT2D eigenvalue weighted by molar-refractivity contribution is 5.51. The van der Waals surface area contributed by atoms with Gasteiger partial charge in [0, 0.05) is 36.8 Å². The van der Waals surface area contributed by atoms with Gasteiger partial charge in [-0.25, -0.2) is 4.98 Å². The molecule has 0 atom stereocenters. The molecule has 0 aromatic carbocycles. The Balaban J connectivity index is 1.49. The molecule has 0 aliphatic rings. The van der Waals surface area contributed by atoms with Crippen molar-refractivity contribution in [3.05, 3.63) is 66.7 Å². The minimum Gasteiger partial charge on any atom is -0.339 e. The van der Waals surface area contributed by atoms with Crippen LogP contribution in [0.2, 0.25) is 0 Å². The summed E-state index contributed by atoms with van der Waals surface area (Å²) < 4.78 is 7.30. The Bertz CT molecular complexity index is 864. The van der Waals surface area contributed by atoms with Gasteiger partial charge in [-0.05, 0) is 30.7 Å². The Morgan fingerprint density at radius 3 is 2.91 bits per heavy atom. The number of aryl methyl sites for hydroxylation is 2. The summed E-state index contributed by atoms with van der Waals surface area (Å²) in [5.41, 5.74) is 2.80. The topological polar surface area (TPSA) is 69.1 Å². The van der Waals surface area contributed by atoms with Crippen molar-refractivity contribution in [2.75, 3.05) is 0 Å². The summed E-state index contributed by atoms with van der Waals surface area (Å²) in [5, 5.41) is 3.99. The molecule has 6 nitrogen and oxygen atoms in total. The maximum absolute atomic E-state index is 5.29. The quantitative estimate of drug-likeness (QED) is 0.578. The molecule has 4 aromatic rings. The van der Waals surface area contributed by atoms with Crippen LogP contribution in [-0.2, 0) is 12.8 Å². The minimum atomic E-state index is 0.568. The first-order valence-electron chi connectivity index (χ1n) is 7.04. The Labute approximate surface area is 126 Å². The van der Waals surface area contributed by atoms with Gasteiger partial charge in [0.2, 0.25) is 11.7 Å². The molecule has 0 aliphatic carbocycles. The second kappa shape index (κ2) is 5.40. The maximum Gasteiger partial charge on any atom is 0.227 e. The first kappa shape index (κ1) is 12.7. The van der Waals surface area contributed by atoms with E-state index < -0.39 is 0 Å².